The first kappa shape index (κ1) is 23.4. The van der Waals surface area contributed by atoms with Crippen molar-refractivity contribution in [3.05, 3.63) is 64.7 Å². The summed E-state index contributed by atoms with van der Waals surface area (Å²) >= 11 is 0. The molecule has 7 nitrogen and oxygen atoms in total. The number of likely N-dealkylation sites (N-methyl/N-ethyl adjacent to an activating group) is 1. The Labute approximate surface area is 195 Å². The summed E-state index contributed by atoms with van der Waals surface area (Å²) < 4.78 is 27.7. The van der Waals surface area contributed by atoms with Crippen molar-refractivity contribution in [3.8, 4) is 0 Å². The van der Waals surface area contributed by atoms with E-state index in [0.29, 0.717) is 43.8 Å². The fourth-order valence-corrected chi connectivity index (χ4v) is 6.31. The number of hydrogen-bond acceptors (Lipinski definition) is 4. The summed E-state index contributed by atoms with van der Waals surface area (Å²) in [7, 11) is -2.01. The van der Waals surface area contributed by atoms with Crippen LogP contribution in [0.2, 0.25) is 0 Å². The van der Waals surface area contributed by atoms with Crippen LogP contribution in [0.3, 0.4) is 0 Å². The molecule has 0 radical (unpaired) electrons. The van der Waals surface area contributed by atoms with E-state index < -0.39 is 16.1 Å². The van der Waals surface area contributed by atoms with E-state index in [9.17, 15) is 18.0 Å². The second-order valence-electron chi connectivity index (χ2n) is 8.99. The van der Waals surface area contributed by atoms with Crippen LogP contribution in [0.1, 0.15) is 35.1 Å². The molecule has 176 valence electrons. The molecular weight excluding hydrogens is 438 g/mol. The highest BCUT2D eigenvalue weighted by atomic mass is 32.2. The molecule has 33 heavy (non-hydrogen) atoms. The van der Waals surface area contributed by atoms with Gasteiger partial charge in [0.2, 0.25) is 21.8 Å². The monoisotopic (exact) mass is 469 g/mol. The van der Waals surface area contributed by atoms with E-state index in [-0.39, 0.29) is 17.7 Å². The van der Waals surface area contributed by atoms with Gasteiger partial charge >= 0.3 is 0 Å². The lowest BCUT2D eigenvalue weighted by Gasteiger charge is -2.39. The van der Waals surface area contributed by atoms with E-state index in [0.717, 1.165) is 22.3 Å². The Morgan fingerprint density at radius 2 is 1.64 bits per heavy atom. The van der Waals surface area contributed by atoms with Crippen molar-refractivity contribution in [1.29, 1.82) is 0 Å². The average molecular weight is 470 g/mol. The van der Waals surface area contributed by atoms with E-state index in [1.165, 1.54) is 4.31 Å². The van der Waals surface area contributed by atoms with Gasteiger partial charge < -0.3 is 10.2 Å². The minimum Gasteiger partial charge on any atom is -0.357 e. The van der Waals surface area contributed by atoms with Crippen LogP contribution in [-0.4, -0.2) is 55.6 Å². The number of fused-ring (bicyclic) bond motifs is 1. The number of amides is 2. The van der Waals surface area contributed by atoms with Crippen molar-refractivity contribution >= 4 is 21.8 Å². The fraction of sp³-hybridized carbons (Fsp3) is 0.440. The molecule has 0 saturated carbocycles. The van der Waals surface area contributed by atoms with Gasteiger partial charge in [0.05, 0.1) is 4.90 Å². The van der Waals surface area contributed by atoms with Gasteiger partial charge in [-0.05, 0) is 61.1 Å². The number of hydrogen-bond donors (Lipinski definition) is 1. The average Bonchev–Trinajstić information content (AvgIpc) is 2.83. The number of nitrogens with zero attached hydrogens (tertiary/aromatic N) is 2. The standard InChI is InChI=1S/C25H31N3O4S/c1-17-8-9-22(14-18(17)2)33(31,32)27-12-10-19(11-13-27)25(30)28-16-21-7-5-4-6-20(21)15-23(28)24(29)26-3/h4-9,14,19,23H,10-13,15-16H2,1-3H3,(H,26,29). The normalized spacial score (nSPS) is 19.7. The van der Waals surface area contributed by atoms with Crippen LogP contribution in [0.4, 0.5) is 0 Å². The van der Waals surface area contributed by atoms with Gasteiger partial charge in [0, 0.05) is 39.0 Å². The maximum Gasteiger partial charge on any atom is 0.243 e. The van der Waals surface area contributed by atoms with E-state index in [2.05, 4.69) is 5.32 Å². The summed E-state index contributed by atoms with van der Waals surface area (Å²) in [5, 5.41) is 2.69. The third kappa shape index (κ3) is 4.54. The number of piperidine rings is 1. The van der Waals surface area contributed by atoms with Crippen LogP contribution >= 0.6 is 0 Å². The predicted octanol–water partition coefficient (Wildman–Crippen LogP) is 2.40. The van der Waals surface area contributed by atoms with E-state index in [4.69, 9.17) is 0 Å². The molecule has 4 rings (SSSR count). The molecule has 2 heterocycles. The molecule has 2 aliphatic heterocycles. The zero-order chi connectivity index (χ0) is 23.8. The molecule has 2 aromatic rings. The molecular formula is C25H31N3O4S. The van der Waals surface area contributed by atoms with Crippen LogP contribution in [-0.2, 0) is 32.6 Å². The quantitative estimate of drug-likeness (QED) is 0.745. The molecule has 1 unspecified atom stereocenters. The molecule has 1 atom stereocenters. The molecule has 0 bridgehead atoms. The van der Waals surface area contributed by atoms with E-state index in [1.54, 1.807) is 24.1 Å². The number of carbonyl (C=O) groups is 2. The minimum atomic E-state index is -3.60. The van der Waals surface area contributed by atoms with Crippen molar-refractivity contribution in [2.45, 2.75) is 50.6 Å². The first-order chi connectivity index (χ1) is 15.7. The molecule has 0 spiro atoms. The highest BCUT2D eigenvalue weighted by Gasteiger charge is 2.39. The maximum absolute atomic E-state index is 13.5. The highest BCUT2D eigenvalue weighted by molar-refractivity contribution is 7.89. The van der Waals surface area contributed by atoms with Crippen LogP contribution < -0.4 is 5.32 Å². The largest absolute Gasteiger partial charge is 0.357 e. The summed E-state index contributed by atoms with van der Waals surface area (Å²) in [5.74, 6) is -0.539. The van der Waals surface area contributed by atoms with Gasteiger partial charge in [-0.1, -0.05) is 30.3 Å². The number of nitrogens with one attached hydrogen (secondary N) is 1. The molecule has 0 aliphatic carbocycles. The van der Waals surface area contributed by atoms with Gasteiger partial charge in [0.25, 0.3) is 0 Å². The molecule has 1 saturated heterocycles. The molecule has 2 aromatic carbocycles. The Morgan fingerprint density at radius 1 is 0.970 bits per heavy atom. The van der Waals surface area contributed by atoms with Crippen molar-refractivity contribution in [2.24, 2.45) is 5.92 Å². The Balaban J connectivity index is 1.48. The molecule has 8 heteroatoms. The third-order valence-corrected chi connectivity index (χ3v) is 8.89. The van der Waals surface area contributed by atoms with E-state index in [1.807, 2.05) is 44.2 Å². The lowest BCUT2D eigenvalue weighted by Crippen LogP contribution is -2.54. The van der Waals surface area contributed by atoms with Crippen molar-refractivity contribution in [1.82, 2.24) is 14.5 Å². The molecule has 2 aliphatic rings. The zero-order valence-corrected chi connectivity index (χ0v) is 20.2. The number of aryl methyl sites for hydroxylation is 2. The SMILES string of the molecule is CNC(=O)C1Cc2ccccc2CN1C(=O)C1CCN(S(=O)(=O)c2ccc(C)c(C)c2)CC1. The number of benzene rings is 2. The van der Waals surface area contributed by atoms with Gasteiger partial charge in [0.15, 0.2) is 0 Å². The van der Waals surface area contributed by atoms with Gasteiger partial charge in [-0.25, -0.2) is 8.42 Å². The predicted molar refractivity (Wildman–Crippen MR) is 126 cm³/mol. The highest BCUT2D eigenvalue weighted by Crippen LogP contribution is 2.30. The van der Waals surface area contributed by atoms with Crippen LogP contribution in [0.5, 0.6) is 0 Å². The summed E-state index contributed by atoms with van der Waals surface area (Å²) in [5.41, 5.74) is 4.13. The molecule has 1 N–H and O–H groups in total. The number of carbonyl (C=O) groups excluding carboxylic acids is 2. The van der Waals surface area contributed by atoms with Gasteiger partial charge in [0.1, 0.15) is 6.04 Å². The minimum absolute atomic E-state index is 0.0682. The molecule has 1 fully saturated rings. The zero-order valence-electron chi connectivity index (χ0n) is 19.4. The topological polar surface area (TPSA) is 86.8 Å². The summed E-state index contributed by atoms with van der Waals surface area (Å²) in [6, 6.07) is 12.5. The van der Waals surface area contributed by atoms with Crippen molar-refractivity contribution < 1.29 is 18.0 Å². The van der Waals surface area contributed by atoms with Crippen molar-refractivity contribution in [2.75, 3.05) is 20.1 Å². The van der Waals surface area contributed by atoms with Gasteiger partial charge in [-0.15, -0.1) is 0 Å². The Hall–Kier alpha value is -2.71. The smallest absolute Gasteiger partial charge is 0.243 e. The Bertz CT molecular complexity index is 1170. The second kappa shape index (κ2) is 9.27. The summed E-state index contributed by atoms with van der Waals surface area (Å²) in [6.45, 7) is 4.84. The second-order valence-corrected chi connectivity index (χ2v) is 10.9. The summed E-state index contributed by atoms with van der Waals surface area (Å²) in [4.78, 5) is 28.0. The number of rotatable bonds is 4. The number of sulfonamides is 1. The van der Waals surface area contributed by atoms with Crippen molar-refractivity contribution in [3.63, 3.8) is 0 Å². The van der Waals surface area contributed by atoms with Gasteiger partial charge in [-0.3, -0.25) is 9.59 Å². The van der Waals surface area contributed by atoms with Crippen LogP contribution in [0, 0.1) is 19.8 Å². The first-order valence-electron chi connectivity index (χ1n) is 11.4. The Kier molecular flexibility index (Phi) is 6.59. The maximum atomic E-state index is 13.5. The first-order valence-corrected chi connectivity index (χ1v) is 12.8. The summed E-state index contributed by atoms with van der Waals surface area (Å²) in [6.07, 6.45) is 1.38. The van der Waals surface area contributed by atoms with Gasteiger partial charge in [-0.2, -0.15) is 4.31 Å². The lowest BCUT2D eigenvalue weighted by molar-refractivity contribution is -0.145. The van der Waals surface area contributed by atoms with E-state index >= 15 is 0 Å². The molecule has 0 aromatic heterocycles. The Morgan fingerprint density at radius 3 is 2.27 bits per heavy atom. The molecule has 2 amide bonds. The van der Waals surface area contributed by atoms with Crippen LogP contribution in [0.25, 0.3) is 0 Å². The lowest BCUT2D eigenvalue weighted by atomic mass is 9.90. The fourth-order valence-electron chi connectivity index (χ4n) is 4.76. The third-order valence-electron chi connectivity index (χ3n) is 7.00. The van der Waals surface area contributed by atoms with Crippen LogP contribution in [0.15, 0.2) is 47.4 Å².